The molecule has 2 aromatic carbocycles. The van der Waals surface area contributed by atoms with Crippen molar-refractivity contribution in [3.63, 3.8) is 0 Å². The fourth-order valence-electron chi connectivity index (χ4n) is 4.44. The van der Waals surface area contributed by atoms with Gasteiger partial charge in [-0.05, 0) is 37.5 Å². The number of aryl methyl sites for hydroxylation is 2. The van der Waals surface area contributed by atoms with E-state index in [9.17, 15) is 9.59 Å². The Bertz CT molecular complexity index is 1350. The number of nitrogens with zero attached hydrogens (tertiary/aromatic N) is 4. The summed E-state index contributed by atoms with van der Waals surface area (Å²) in [6.07, 6.45) is 4.65. The van der Waals surface area contributed by atoms with Gasteiger partial charge in [-0.3, -0.25) is 18.6 Å². The normalized spacial score (nSPS) is 14.3. The van der Waals surface area contributed by atoms with Crippen molar-refractivity contribution >= 4 is 34.3 Å². The molecule has 8 heteroatoms. The maximum Gasteiger partial charge on any atom is 0.262 e. The Morgan fingerprint density at radius 1 is 1.09 bits per heavy atom. The Morgan fingerprint density at radius 3 is 2.64 bits per heavy atom. The van der Waals surface area contributed by atoms with Gasteiger partial charge in [-0.2, -0.15) is 0 Å². The molecule has 7 nitrogen and oxygen atoms in total. The van der Waals surface area contributed by atoms with Crippen LogP contribution in [-0.4, -0.2) is 31.1 Å². The number of carbonyl (C=O) groups is 1. The van der Waals surface area contributed by atoms with E-state index in [1.165, 1.54) is 24.0 Å². The van der Waals surface area contributed by atoms with Crippen LogP contribution in [0.5, 0.6) is 0 Å². The van der Waals surface area contributed by atoms with Gasteiger partial charge in [0.25, 0.3) is 5.56 Å². The van der Waals surface area contributed by atoms with Gasteiger partial charge >= 0.3 is 0 Å². The molecule has 0 aliphatic heterocycles. The van der Waals surface area contributed by atoms with Crippen molar-refractivity contribution < 1.29 is 4.79 Å². The summed E-state index contributed by atoms with van der Waals surface area (Å²) in [7, 11) is 0. The number of hydrogen-bond donors (Lipinski definition) is 1. The topological polar surface area (TPSA) is 81.3 Å². The molecule has 5 rings (SSSR count). The Labute approximate surface area is 196 Å². The number of carbonyl (C=O) groups excluding carboxylic acids is 1. The average molecular weight is 462 g/mol. The lowest BCUT2D eigenvalue weighted by Crippen LogP contribution is -2.34. The third-order valence-corrected chi connectivity index (χ3v) is 7.25. The summed E-state index contributed by atoms with van der Waals surface area (Å²) >= 11 is 1.59. The number of thioether (sulfide) groups is 1. The molecule has 1 N–H and O–H groups in total. The lowest BCUT2D eigenvalue weighted by atomic mass is 10.2. The highest BCUT2D eigenvalue weighted by Gasteiger charge is 2.19. The van der Waals surface area contributed by atoms with E-state index in [0.29, 0.717) is 11.2 Å². The van der Waals surface area contributed by atoms with Crippen LogP contribution in [0.15, 0.2) is 58.5 Å². The highest BCUT2D eigenvalue weighted by atomic mass is 32.2. The number of fused-ring (bicyclic) bond motifs is 3. The summed E-state index contributed by atoms with van der Waals surface area (Å²) < 4.78 is 3.52. The molecular formula is C25H27N5O2S. The SMILES string of the molecule is Cc1ccc(CSc2nnc3n(CCC(=O)NC4CCCC4)c(=O)c4ccccc4n23)cc1. The Morgan fingerprint density at radius 2 is 1.85 bits per heavy atom. The highest BCUT2D eigenvalue weighted by molar-refractivity contribution is 7.98. The van der Waals surface area contributed by atoms with Crippen LogP contribution >= 0.6 is 11.8 Å². The standard InChI is InChI=1S/C25H27N5O2S/c1-17-10-12-18(13-11-17)16-33-25-28-27-24-29(15-14-22(31)26-19-6-2-3-7-19)23(32)20-8-4-5-9-21(20)30(24)25/h4-5,8-13,19H,2-3,6-7,14-16H2,1H3,(H,26,31). The molecule has 170 valence electrons. The summed E-state index contributed by atoms with van der Waals surface area (Å²) in [5, 5.41) is 13.2. The molecule has 0 unspecified atom stereocenters. The van der Waals surface area contributed by atoms with Crippen molar-refractivity contribution in [2.75, 3.05) is 0 Å². The molecule has 0 saturated heterocycles. The first-order valence-electron chi connectivity index (χ1n) is 11.4. The molecule has 0 bridgehead atoms. The van der Waals surface area contributed by atoms with Gasteiger partial charge in [-0.25, -0.2) is 0 Å². The van der Waals surface area contributed by atoms with Crippen LogP contribution in [0, 0.1) is 6.92 Å². The molecule has 0 spiro atoms. The van der Waals surface area contributed by atoms with E-state index in [1.54, 1.807) is 16.3 Å². The quantitative estimate of drug-likeness (QED) is 0.419. The van der Waals surface area contributed by atoms with Gasteiger partial charge < -0.3 is 5.32 Å². The van der Waals surface area contributed by atoms with Crippen LogP contribution in [0.4, 0.5) is 0 Å². The van der Waals surface area contributed by atoms with Crippen LogP contribution in [0.3, 0.4) is 0 Å². The molecule has 0 atom stereocenters. The number of amides is 1. The first-order chi connectivity index (χ1) is 16.1. The van der Waals surface area contributed by atoms with Crippen molar-refractivity contribution in [3.8, 4) is 0 Å². The van der Waals surface area contributed by atoms with Gasteiger partial charge in [0.2, 0.25) is 11.7 Å². The maximum atomic E-state index is 13.3. The summed E-state index contributed by atoms with van der Waals surface area (Å²) in [6.45, 7) is 2.34. The minimum absolute atomic E-state index is 0.0198. The summed E-state index contributed by atoms with van der Waals surface area (Å²) in [6, 6.07) is 16.2. The summed E-state index contributed by atoms with van der Waals surface area (Å²) in [5.74, 6) is 1.20. The first-order valence-corrected chi connectivity index (χ1v) is 12.4. The largest absolute Gasteiger partial charge is 0.353 e. The van der Waals surface area contributed by atoms with Crippen molar-refractivity contribution in [2.24, 2.45) is 0 Å². The van der Waals surface area contributed by atoms with Gasteiger partial charge in [-0.15, -0.1) is 10.2 Å². The van der Waals surface area contributed by atoms with Crippen molar-refractivity contribution in [3.05, 3.63) is 70.0 Å². The third-order valence-electron chi connectivity index (χ3n) is 6.25. The Kier molecular flexibility index (Phi) is 6.17. The van der Waals surface area contributed by atoms with E-state index >= 15 is 0 Å². The van der Waals surface area contributed by atoms with Crippen LogP contribution in [-0.2, 0) is 17.1 Å². The number of benzene rings is 2. The number of para-hydroxylation sites is 1. The first kappa shape index (κ1) is 21.7. The summed E-state index contributed by atoms with van der Waals surface area (Å²) in [5.41, 5.74) is 3.06. The lowest BCUT2D eigenvalue weighted by Gasteiger charge is -2.14. The van der Waals surface area contributed by atoms with E-state index in [4.69, 9.17) is 0 Å². The molecule has 1 amide bonds. The molecule has 1 fully saturated rings. The molecule has 1 aliphatic rings. The number of hydrogen-bond acceptors (Lipinski definition) is 5. The minimum Gasteiger partial charge on any atom is -0.353 e. The number of aromatic nitrogens is 4. The predicted molar refractivity (Wildman–Crippen MR) is 131 cm³/mol. The number of rotatable bonds is 7. The molecule has 1 saturated carbocycles. The van der Waals surface area contributed by atoms with Crippen LogP contribution < -0.4 is 10.9 Å². The second kappa shape index (κ2) is 9.39. The molecule has 0 radical (unpaired) electrons. The number of nitrogens with one attached hydrogen (secondary N) is 1. The van der Waals surface area contributed by atoms with Crippen LogP contribution in [0.2, 0.25) is 0 Å². The molecule has 2 heterocycles. The molecular weight excluding hydrogens is 434 g/mol. The summed E-state index contributed by atoms with van der Waals surface area (Å²) in [4.78, 5) is 25.8. The van der Waals surface area contributed by atoms with E-state index in [2.05, 4.69) is 46.7 Å². The van der Waals surface area contributed by atoms with E-state index < -0.39 is 0 Å². The van der Waals surface area contributed by atoms with Gasteiger partial charge in [0.15, 0.2) is 5.16 Å². The maximum absolute atomic E-state index is 13.3. The van der Waals surface area contributed by atoms with Gasteiger partial charge in [0, 0.05) is 24.8 Å². The van der Waals surface area contributed by atoms with E-state index in [1.807, 2.05) is 28.7 Å². The van der Waals surface area contributed by atoms with E-state index in [-0.39, 0.29) is 30.5 Å². The molecule has 1 aliphatic carbocycles. The average Bonchev–Trinajstić information content (AvgIpc) is 3.49. The zero-order valence-electron chi connectivity index (χ0n) is 18.7. The molecule has 4 aromatic rings. The second-order valence-corrected chi connectivity index (χ2v) is 9.61. The van der Waals surface area contributed by atoms with Gasteiger partial charge in [0.1, 0.15) is 0 Å². The zero-order valence-corrected chi connectivity index (χ0v) is 19.5. The van der Waals surface area contributed by atoms with Crippen LogP contribution in [0.1, 0.15) is 43.2 Å². The van der Waals surface area contributed by atoms with Crippen LogP contribution in [0.25, 0.3) is 16.7 Å². The smallest absolute Gasteiger partial charge is 0.262 e. The van der Waals surface area contributed by atoms with Gasteiger partial charge in [0.05, 0.1) is 10.9 Å². The Balaban J connectivity index is 1.45. The van der Waals surface area contributed by atoms with Crippen molar-refractivity contribution in [1.29, 1.82) is 0 Å². The zero-order chi connectivity index (χ0) is 22.8. The predicted octanol–water partition coefficient (Wildman–Crippen LogP) is 4.09. The lowest BCUT2D eigenvalue weighted by molar-refractivity contribution is -0.121. The molecule has 33 heavy (non-hydrogen) atoms. The molecule has 2 aromatic heterocycles. The Hall–Kier alpha value is -3.13. The highest BCUT2D eigenvalue weighted by Crippen LogP contribution is 2.25. The monoisotopic (exact) mass is 461 g/mol. The van der Waals surface area contributed by atoms with Crippen molar-refractivity contribution in [1.82, 2.24) is 24.5 Å². The van der Waals surface area contributed by atoms with Gasteiger partial charge in [-0.1, -0.05) is 66.6 Å². The third kappa shape index (κ3) is 4.53. The van der Waals surface area contributed by atoms with E-state index in [0.717, 1.165) is 29.3 Å². The minimum atomic E-state index is -0.144. The van der Waals surface area contributed by atoms with Crippen molar-refractivity contribution in [2.45, 2.75) is 62.5 Å². The fourth-order valence-corrected chi connectivity index (χ4v) is 5.34. The fraction of sp³-hybridized carbons (Fsp3) is 0.360. The second-order valence-electron chi connectivity index (χ2n) is 8.67.